The summed E-state index contributed by atoms with van der Waals surface area (Å²) in [7, 11) is 0. The molecule has 0 bridgehead atoms. The van der Waals surface area contributed by atoms with Crippen LogP contribution in [-0.2, 0) is 6.42 Å². The van der Waals surface area contributed by atoms with Gasteiger partial charge < -0.3 is 5.32 Å². The second-order valence-electron chi connectivity index (χ2n) is 4.44. The van der Waals surface area contributed by atoms with Crippen LogP contribution in [0.15, 0.2) is 39.9 Å². The lowest BCUT2D eigenvalue weighted by atomic mass is 10.1. The number of hydrogen-bond donors (Lipinski definition) is 3. The summed E-state index contributed by atoms with van der Waals surface area (Å²) in [5.74, 6) is 0.463. The van der Waals surface area contributed by atoms with Crippen LogP contribution in [0.5, 0.6) is 0 Å². The quantitative estimate of drug-likeness (QED) is 0.740. The topological polar surface area (TPSA) is 77.8 Å². The third kappa shape index (κ3) is 1.95. The van der Waals surface area contributed by atoms with Gasteiger partial charge in [0.05, 0.1) is 6.04 Å². The van der Waals surface area contributed by atoms with Gasteiger partial charge in [0.25, 0.3) is 5.56 Å². The van der Waals surface area contributed by atoms with E-state index < -0.39 is 11.2 Å². The SMILES string of the molecule is O=c1cc(N[C@@H]2CCc3ccccc32)[nH]c(=O)[nH]1. The molecule has 2 aromatic rings. The molecule has 0 fully saturated rings. The molecule has 1 aliphatic rings. The molecule has 0 saturated heterocycles. The molecule has 3 N–H and O–H groups in total. The van der Waals surface area contributed by atoms with E-state index in [2.05, 4.69) is 27.4 Å². The fourth-order valence-electron chi connectivity index (χ4n) is 2.44. The van der Waals surface area contributed by atoms with Crippen LogP contribution in [-0.4, -0.2) is 9.97 Å². The fourth-order valence-corrected chi connectivity index (χ4v) is 2.44. The van der Waals surface area contributed by atoms with Gasteiger partial charge in [-0.1, -0.05) is 24.3 Å². The Hall–Kier alpha value is -2.30. The van der Waals surface area contributed by atoms with Crippen molar-refractivity contribution >= 4 is 5.82 Å². The molecule has 5 heteroatoms. The number of aromatic amines is 2. The average molecular weight is 243 g/mol. The maximum Gasteiger partial charge on any atom is 0.327 e. The highest BCUT2D eigenvalue weighted by molar-refractivity contribution is 5.42. The third-order valence-corrected chi connectivity index (χ3v) is 3.22. The molecule has 0 amide bonds. The smallest absolute Gasteiger partial charge is 0.327 e. The minimum Gasteiger partial charge on any atom is -0.365 e. The van der Waals surface area contributed by atoms with Gasteiger partial charge in [0.2, 0.25) is 0 Å². The predicted octanol–water partition coefficient (Wildman–Crippen LogP) is 1.16. The zero-order valence-corrected chi connectivity index (χ0v) is 9.69. The molecular formula is C13H13N3O2. The van der Waals surface area contributed by atoms with Gasteiger partial charge in [-0.25, -0.2) is 4.79 Å². The van der Waals surface area contributed by atoms with Gasteiger partial charge in [-0.15, -0.1) is 0 Å². The number of benzene rings is 1. The van der Waals surface area contributed by atoms with Crippen molar-refractivity contribution in [2.45, 2.75) is 18.9 Å². The molecule has 1 aliphatic carbocycles. The number of fused-ring (bicyclic) bond motifs is 1. The van der Waals surface area contributed by atoms with Gasteiger partial charge in [-0.2, -0.15) is 0 Å². The monoisotopic (exact) mass is 243 g/mol. The summed E-state index contributed by atoms with van der Waals surface area (Å²) < 4.78 is 0. The normalized spacial score (nSPS) is 17.4. The number of anilines is 1. The van der Waals surface area contributed by atoms with E-state index in [-0.39, 0.29) is 6.04 Å². The Kier molecular flexibility index (Phi) is 2.51. The molecular weight excluding hydrogens is 230 g/mol. The molecule has 3 rings (SSSR count). The first-order valence-electron chi connectivity index (χ1n) is 5.90. The van der Waals surface area contributed by atoms with Crippen LogP contribution < -0.4 is 16.6 Å². The Morgan fingerprint density at radius 1 is 1.17 bits per heavy atom. The molecule has 0 aliphatic heterocycles. The Labute approximate surface area is 103 Å². The van der Waals surface area contributed by atoms with Crippen molar-refractivity contribution in [1.29, 1.82) is 0 Å². The zero-order valence-electron chi connectivity index (χ0n) is 9.69. The first-order chi connectivity index (χ1) is 8.72. The van der Waals surface area contributed by atoms with Crippen LogP contribution in [0.1, 0.15) is 23.6 Å². The van der Waals surface area contributed by atoms with Gasteiger partial charge in [0.1, 0.15) is 5.82 Å². The summed E-state index contributed by atoms with van der Waals surface area (Å²) in [5.41, 5.74) is 1.67. The maximum atomic E-state index is 11.2. The first-order valence-corrected chi connectivity index (χ1v) is 5.90. The maximum absolute atomic E-state index is 11.2. The summed E-state index contributed by atoms with van der Waals surface area (Å²) in [6, 6.07) is 9.72. The number of H-pyrrole nitrogens is 2. The largest absolute Gasteiger partial charge is 0.365 e. The molecule has 1 atom stereocenters. The number of aromatic nitrogens is 2. The van der Waals surface area contributed by atoms with Crippen LogP contribution in [0, 0.1) is 0 Å². The predicted molar refractivity (Wildman–Crippen MR) is 68.8 cm³/mol. The van der Waals surface area contributed by atoms with Crippen molar-refractivity contribution in [1.82, 2.24) is 9.97 Å². The zero-order chi connectivity index (χ0) is 12.5. The highest BCUT2D eigenvalue weighted by Gasteiger charge is 2.21. The van der Waals surface area contributed by atoms with E-state index in [4.69, 9.17) is 0 Å². The first kappa shape index (κ1) is 10.8. The summed E-state index contributed by atoms with van der Waals surface area (Å²) in [6.45, 7) is 0. The summed E-state index contributed by atoms with van der Waals surface area (Å²) in [6.07, 6.45) is 1.98. The van der Waals surface area contributed by atoms with Gasteiger partial charge in [-0.3, -0.25) is 14.8 Å². The van der Waals surface area contributed by atoms with E-state index >= 15 is 0 Å². The Morgan fingerprint density at radius 3 is 2.83 bits per heavy atom. The minimum atomic E-state index is -0.490. The number of nitrogens with one attached hydrogen (secondary N) is 3. The van der Waals surface area contributed by atoms with E-state index in [0.29, 0.717) is 5.82 Å². The van der Waals surface area contributed by atoms with Crippen LogP contribution >= 0.6 is 0 Å². The minimum absolute atomic E-state index is 0.152. The summed E-state index contributed by atoms with van der Waals surface area (Å²) in [5, 5.41) is 3.20. The van der Waals surface area contributed by atoms with Crippen LogP contribution in [0.2, 0.25) is 0 Å². The third-order valence-electron chi connectivity index (χ3n) is 3.22. The highest BCUT2D eigenvalue weighted by atomic mass is 16.2. The second kappa shape index (κ2) is 4.18. The Morgan fingerprint density at radius 2 is 2.00 bits per heavy atom. The summed E-state index contributed by atoms with van der Waals surface area (Å²) in [4.78, 5) is 27.1. The van der Waals surface area contributed by atoms with E-state index in [9.17, 15) is 9.59 Å². The van der Waals surface area contributed by atoms with Crippen molar-refractivity contribution in [2.75, 3.05) is 5.32 Å². The molecule has 0 saturated carbocycles. The van der Waals surface area contributed by atoms with Gasteiger partial charge >= 0.3 is 5.69 Å². The number of rotatable bonds is 2. The van der Waals surface area contributed by atoms with E-state index in [0.717, 1.165) is 12.8 Å². The van der Waals surface area contributed by atoms with E-state index in [1.807, 2.05) is 12.1 Å². The van der Waals surface area contributed by atoms with Crippen molar-refractivity contribution in [3.8, 4) is 0 Å². The summed E-state index contributed by atoms with van der Waals surface area (Å²) >= 11 is 0. The Balaban J connectivity index is 1.91. The molecule has 18 heavy (non-hydrogen) atoms. The van der Waals surface area contributed by atoms with Crippen molar-refractivity contribution in [3.05, 3.63) is 62.3 Å². The molecule has 0 spiro atoms. The van der Waals surface area contributed by atoms with Crippen LogP contribution in [0.25, 0.3) is 0 Å². The van der Waals surface area contributed by atoms with Crippen LogP contribution in [0.3, 0.4) is 0 Å². The highest BCUT2D eigenvalue weighted by Crippen LogP contribution is 2.32. The molecule has 1 heterocycles. The molecule has 1 aromatic heterocycles. The van der Waals surface area contributed by atoms with Gasteiger partial charge in [0, 0.05) is 6.07 Å². The van der Waals surface area contributed by atoms with E-state index in [1.54, 1.807) is 0 Å². The number of hydrogen-bond acceptors (Lipinski definition) is 3. The van der Waals surface area contributed by atoms with Crippen molar-refractivity contribution < 1.29 is 0 Å². The van der Waals surface area contributed by atoms with Crippen LogP contribution in [0.4, 0.5) is 5.82 Å². The lowest BCUT2D eigenvalue weighted by Crippen LogP contribution is -2.23. The molecule has 0 unspecified atom stereocenters. The Bertz CT molecular complexity index is 659. The van der Waals surface area contributed by atoms with Gasteiger partial charge in [-0.05, 0) is 24.0 Å². The molecule has 92 valence electrons. The van der Waals surface area contributed by atoms with Gasteiger partial charge in [0.15, 0.2) is 0 Å². The fraction of sp³-hybridized carbons (Fsp3) is 0.231. The standard InChI is InChI=1S/C13H13N3O2/c17-12-7-11(15-13(18)16-12)14-10-6-5-8-3-1-2-4-9(8)10/h1-4,7,10H,5-6H2,(H3,14,15,16,17,18)/t10-/m1/s1. The molecule has 5 nitrogen and oxygen atoms in total. The van der Waals surface area contributed by atoms with Crippen molar-refractivity contribution in [3.63, 3.8) is 0 Å². The lowest BCUT2D eigenvalue weighted by Gasteiger charge is -2.14. The average Bonchev–Trinajstić information content (AvgIpc) is 2.72. The molecule has 1 aromatic carbocycles. The van der Waals surface area contributed by atoms with Crippen molar-refractivity contribution in [2.24, 2.45) is 0 Å². The number of aryl methyl sites for hydroxylation is 1. The lowest BCUT2D eigenvalue weighted by molar-refractivity contribution is 0.754. The molecule has 0 radical (unpaired) electrons. The van der Waals surface area contributed by atoms with E-state index in [1.165, 1.54) is 17.2 Å². The second-order valence-corrected chi connectivity index (χ2v) is 4.44.